The smallest absolute Gasteiger partial charge is 0.326 e. The Morgan fingerprint density at radius 1 is 1.10 bits per heavy atom. The SMILES string of the molecule is COC(=O)[C@]1(C)CCC[C@@]2(C)[C@@H]3CC[C@@]4(C)C[C@]3(CC[C@@H]21)C[C@]4(O)c1cn(CC(=O)N[C@@H](CC(C)C)C(=O)O)nn1. The van der Waals surface area contributed by atoms with Crippen molar-refractivity contribution in [2.45, 2.75) is 117 Å². The molecule has 10 heteroatoms. The van der Waals surface area contributed by atoms with Crippen molar-refractivity contribution < 1.29 is 29.3 Å². The van der Waals surface area contributed by atoms with Gasteiger partial charge in [-0.25, -0.2) is 9.48 Å². The summed E-state index contributed by atoms with van der Waals surface area (Å²) in [6.45, 7) is 10.3. The molecule has 0 aliphatic heterocycles. The number of fused-ring (bicyclic) bond motifs is 3. The summed E-state index contributed by atoms with van der Waals surface area (Å²) < 4.78 is 6.72. The van der Waals surface area contributed by atoms with Crippen LogP contribution >= 0.6 is 0 Å². The molecule has 4 aliphatic carbocycles. The van der Waals surface area contributed by atoms with Crippen LogP contribution in [0.5, 0.6) is 0 Å². The number of hydrogen-bond donors (Lipinski definition) is 3. The standard InChI is InChI=1S/C31H48N4O6/c1-19(2)14-20(25(37)38)32-24(36)16-35-15-23(33-34-35)31(40)18-30-13-9-21-28(4,22(30)8-12-27(31,3)17-30)10-7-11-29(21,5)26(39)41-6/h15,19-22,40H,7-14,16-18H2,1-6H3,(H,32,36)(H,37,38)/t20-,21-,22-,27-,28+,29+,30+,31-/m0/s1. The molecule has 1 spiro atoms. The predicted molar refractivity (Wildman–Crippen MR) is 150 cm³/mol. The molecule has 2 bridgehead atoms. The number of methoxy groups -OCH3 is 1. The summed E-state index contributed by atoms with van der Waals surface area (Å²) in [5.41, 5.74) is -1.59. The minimum atomic E-state index is -1.18. The lowest BCUT2D eigenvalue weighted by molar-refractivity contribution is -0.185. The summed E-state index contributed by atoms with van der Waals surface area (Å²) in [4.78, 5) is 37.3. The molecule has 8 atom stereocenters. The summed E-state index contributed by atoms with van der Waals surface area (Å²) in [5.74, 6) is -0.825. The highest BCUT2D eigenvalue weighted by molar-refractivity contribution is 5.83. The Morgan fingerprint density at radius 2 is 1.80 bits per heavy atom. The van der Waals surface area contributed by atoms with Gasteiger partial charge < -0.3 is 20.3 Å². The molecule has 1 aromatic rings. The lowest BCUT2D eigenvalue weighted by Gasteiger charge is -2.64. The fraction of sp³-hybridized carbons (Fsp3) is 0.839. The van der Waals surface area contributed by atoms with Crippen molar-refractivity contribution in [1.82, 2.24) is 20.3 Å². The predicted octanol–water partition coefficient (Wildman–Crippen LogP) is 4.06. The molecule has 0 unspecified atom stereocenters. The van der Waals surface area contributed by atoms with E-state index in [1.807, 2.05) is 13.8 Å². The molecule has 4 fully saturated rings. The van der Waals surface area contributed by atoms with Crippen LogP contribution in [0.4, 0.5) is 0 Å². The van der Waals surface area contributed by atoms with E-state index >= 15 is 0 Å². The van der Waals surface area contributed by atoms with Gasteiger partial charge in [-0.3, -0.25) is 9.59 Å². The van der Waals surface area contributed by atoms with Crippen LogP contribution in [0.2, 0.25) is 0 Å². The number of carbonyl (C=O) groups is 3. The molecule has 0 radical (unpaired) electrons. The van der Waals surface area contributed by atoms with Crippen molar-refractivity contribution in [2.24, 2.45) is 39.4 Å². The van der Waals surface area contributed by atoms with Crippen molar-refractivity contribution in [3.8, 4) is 0 Å². The van der Waals surface area contributed by atoms with E-state index in [0.29, 0.717) is 24.5 Å². The van der Waals surface area contributed by atoms with Gasteiger partial charge in [0.05, 0.1) is 18.7 Å². The molecule has 3 N–H and O–H groups in total. The monoisotopic (exact) mass is 572 g/mol. The molecule has 228 valence electrons. The molecular formula is C31H48N4O6. The third kappa shape index (κ3) is 4.59. The second-order valence-electron chi connectivity index (χ2n) is 15.0. The summed E-state index contributed by atoms with van der Waals surface area (Å²) in [5, 5.41) is 33.1. The average molecular weight is 573 g/mol. The summed E-state index contributed by atoms with van der Waals surface area (Å²) in [6.07, 6.45) is 10.2. The van der Waals surface area contributed by atoms with Crippen LogP contribution in [0.1, 0.15) is 105 Å². The lowest BCUT2D eigenvalue weighted by atomic mass is 9.40. The average Bonchev–Trinajstić information content (AvgIpc) is 3.41. The van der Waals surface area contributed by atoms with Crippen LogP contribution in [0, 0.1) is 39.4 Å². The van der Waals surface area contributed by atoms with Gasteiger partial charge in [-0.15, -0.1) is 5.10 Å². The molecule has 1 aromatic heterocycles. The number of aromatic nitrogens is 3. The highest BCUT2D eigenvalue weighted by Crippen LogP contribution is 2.77. The van der Waals surface area contributed by atoms with Crippen LogP contribution in [0.25, 0.3) is 0 Å². The fourth-order valence-corrected chi connectivity index (χ4v) is 10.3. The molecule has 5 rings (SSSR count). The van der Waals surface area contributed by atoms with Gasteiger partial charge in [-0.2, -0.15) is 0 Å². The van der Waals surface area contributed by atoms with Crippen LogP contribution in [-0.4, -0.2) is 56.2 Å². The summed E-state index contributed by atoms with van der Waals surface area (Å²) in [6, 6.07) is -0.962. The molecule has 1 amide bonds. The van der Waals surface area contributed by atoms with E-state index in [1.165, 1.54) is 11.8 Å². The summed E-state index contributed by atoms with van der Waals surface area (Å²) >= 11 is 0. The van der Waals surface area contributed by atoms with E-state index < -0.39 is 28.9 Å². The van der Waals surface area contributed by atoms with Crippen LogP contribution < -0.4 is 5.32 Å². The van der Waals surface area contributed by atoms with E-state index in [4.69, 9.17) is 4.74 Å². The highest BCUT2D eigenvalue weighted by atomic mass is 16.5. The molecule has 0 saturated heterocycles. The number of carboxylic acid groups (broad SMARTS) is 1. The number of carbonyl (C=O) groups excluding carboxylic acids is 2. The van der Waals surface area contributed by atoms with Crippen LogP contribution in [0.15, 0.2) is 6.20 Å². The molecule has 0 aromatic carbocycles. The lowest BCUT2D eigenvalue weighted by Crippen LogP contribution is -2.58. The fourth-order valence-electron chi connectivity index (χ4n) is 10.3. The van der Waals surface area contributed by atoms with E-state index in [0.717, 1.165) is 51.4 Å². The van der Waals surface area contributed by atoms with E-state index in [9.17, 15) is 24.6 Å². The Balaban J connectivity index is 1.37. The van der Waals surface area contributed by atoms with Crippen molar-refractivity contribution in [2.75, 3.05) is 7.11 Å². The largest absolute Gasteiger partial charge is 0.480 e. The first kappa shape index (κ1) is 30.0. The molecule has 10 nitrogen and oxygen atoms in total. The zero-order valence-corrected chi connectivity index (χ0v) is 25.5. The first-order valence-corrected chi connectivity index (χ1v) is 15.4. The number of amides is 1. The van der Waals surface area contributed by atoms with Crippen molar-refractivity contribution in [1.29, 1.82) is 0 Å². The minimum Gasteiger partial charge on any atom is -0.480 e. The van der Waals surface area contributed by atoms with Gasteiger partial charge in [0.15, 0.2) is 0 Å². The Kier molecular flexibility index (Phi) is 7.35. The first-order chi connectivity index (χ1) is 19.1. The number of nitrogens with one attached hydrogen (secondary N) is 1. The molecule has 4 aliphatic rings. The van der Waals surface area contributed by atoms with Crippen molar-refractivity contribution in [3.05, 3.63) is 11.9 Å². The van der Waals surface area contributed by atoms with Gasteiger partial charge in [0.2, 0.25) is 5.91 Å². The maximum atomic E-state index is 13.0. The van der Waals surface area contributed by atoms with Gasteiger partial charge in [0.25, 0.3) is 0 Å². The molecule has 1 heterocycles. The number of nitrogens with zero attached hydrogens (tertiary/aromatic N) is 3. The normalized spacial score (nSPS) is 40.4. The van der Waals surface area contributed by atoms with Gasteiger partial charge in [0.1, 0.15) is 23.9 Å². The number of hydrogen-bond acceptors (Lipinski definition) is 7. The second-order valence-corrected chi connectivity index (χ2v) is 15.0. The topological polar surface area (TPSA) is 144 Å². The zero-order chi connectivity index (χ0) is 30.0. The Labute approximate surface area is 243 Å². The quantitative estimate of drug-likeness (QED) is 0.396. The number of aliphatic carboxylic acids is 1. The maximum Gasteiger partial charge on any atom is 0.326 e. The van der Waals surface area contributed by atoms with Gasteiger partial charge >= 0.3 is 11.9 Å². The summed E-state index contributed by atoms with van der Waals surface area (Å²) in [7, 11) is 1.50. The molecule has 4 saturated carbocycles. The number of esters is 1. The van der Waals surface area contributed by atoms with E-state index in [1.54, 1.807) is 6.20 Å². The van der Waals surface area contributed by atoms with Gasteiger partial charge in [-0.1, -0.05) is 39.3 Å². The third-order valence-electron chi connectivity index (χ3n) is 12.0. The van der Waals surface area contributed by atoms with Gasteiger partial charge in [-0.05, 0) is 93.3 Å². The first-order valence-electron chi connectivity index (χ1n) is 15.4. The number of ether oxygens (including phenoxy) is 1. The van der Waals surface area contributed by atoms with E-state index in [2.05, 4.69) is 36.4 Å². The number of rotatable bonds is 8. The van der Waals surface area contributed by atoms with Crippen molar-refractivity contribution in [3.63, 3.8) is 0 Å². The second kappa shape index (κ2) is 10.1. The zero-order valence-electron chi connectivity index (χ0n) is 25.5. The third-order valence-corrected chi connectivity index (χ3v) is 12.0. The Bertz CT molecular complexity index is 1220. The van der Waals surface area contributed by atoms with Gasteiger partial charge in [0, 0.05) is 5.41 Å². The number of aliphatic hydroxyl groups is 1. The number of carboxylic acids is 1. The minimum absolute atomic E-state index is 0.00160. The van der Waals surface area contributed by atoms with Crippen LogP contribution in [0.3, 0.4) is 0 Å². The maximum absolute atomic E-state index is 13.0. The van der Waals surface area contributed by atoms with Crippen molar-refractivity contribution >= 4 is 17.8 Å². The molecule has 41 heavy (non-hydrogen) atoms. The Morgan fingerprint density at radius 3 is 2.46 bits per heavy atom. The van der Waals surface area contributed by atoms with E-state index in [-0.39, 0.29) is 40.6 Å². The highest BCUT2D eigenvalue weighted by Gasteiger charge is 2.72. The Hall–Kier alpha value is -2.49. The molecular weight excluding hydrogens is 524 g/mol. The van der Waals surface area contributed by atoms with Crippen LogP contribution in [-0.2, 0) is 31.3 Å².